The molecule has 0 spiro atoms. The van der Waals surface area contributed by atoms with Crippen molar-refractivity contribution in [3.63, 3.8) is 0 Å². The van der Waals surface area contributed by atoms with E-state index in [1.54, 1.807) is 6.08 Å². The standard InChI is InChI=1S/C9H9FN2O4/c10-6-3-12(9(15)11-8(6)14)7-2-1-5(4-13)16-7/h1-3,5,7,13H,4H2,(H,11,14,15)/t5-,7+/m1/s1. The molecule has 0 aliphatic carbocycles. The Morgan fingerprint density at radius 1 is 1.50 bits per heavy atom. The molecule has 1 aliphatic heterocycles. The van der Waals surface area contributed by atoms with Crippen molar-refractivity contribution in [2.45, 2.75) is 12.3 Å². The second-order valence-electron chi connectivity index (χ2n) is 3.28. The number of nitrogens with zero attached hydrogens (tertiary/aromatic N) is 1. The summed E-state index contributed by atoms with van der Waals surface area (Å²) in [6.45, 7) is -0.229. The molecule has 2 rings (SSSR count). The average Bonchev–Trinajstić information content (AvgIpc) is 2.71. The maximum absolute atomic E-state index is 13.0. The quantitative estimate of drug-likeness (QED) is 0.644. The van der Waals surface area contributed by atoms with Crippen LogP contribution in [0.3, 0.4) is 0 Å². The van der Waals surface area contributed by atoms with Crippen LogP contribution < -0.4 is 11.2 Å². The molecule has 1 aliphatic rings. The minimum atomic E-state index is -1.07. The van der Waals surface area contributed by atoms with Crippen LogP contribution in [0.15, 0.2) is 27.9 Å². The largest absolute Gasteiger partial charge is 0.393 e. The van der Waals surface area contributed by atoms with Crippen LogP contribution in [0.2, 0.25) is 0 Å². The van der Waals surface area contributed by atoms with Gasteiger partial charge in [-0.05, 0) is 6.08 Å². The molecule has 2 N–H and O–H groups in total. The number of aromatic nitrogens is 2. The Hall–Kier alpha value is -1.73. The number of aromatic amines is 1. The number of halogens is 1. The third-order valence-electron chi connectivity index (χ3n) is 2.18. The molecule has 6 nitrogen and oxygen atoms in total. The lowest BCUT2D eigenvalue weighted by molar-refractivity contribution is -0.0108. The van der Waals surface area contributed by atoms with Crippen LogP contribution in [0.4, 0.5) is 4.39 Å². The molecular formula is C9H9FN2O4. The first-order chi connectivity index (χ1) is 7.61. The number of H-pyrrole nitrogens is 1. The molecule has 0 saturated heterocycles. The number of ether oxygens (including phenoxy) is 1. The van der Waals surface area contributed by atoms with Crippen molar-refractivity contribution >= 4 is 0 Å². The van der Waals surface area contributed by atoms with Crippen molar-refractivity contribution in [2.75, 3.05) is 6.61 Å². The van der Waals surface area contributed by atoms with Gasteiger partial charge in [0.25, 0.3) is 5.56 Å². The zero-order chi connectivity index (χ0) is 11.7. The Labute approximate surface area is 88.6 Å². The van der Waals surface area contributed by atoms with Crippen molar-refractivity contribution < 1.29 is 14.2 Å². The minimum Gasteiger partial charge on any atom is -0.393 e. The maximum Gasteiger partial charge on any atom is 0.330 e. The first kappa shape index (κ1) is 10.8. The number of hydrogen-bond acceptors (Lipinski definition) is 4. The molecule has 0 unspecified atom stereocenters. The van der Waals surface area contributed by atoms with Gasteiger partial charge in [0.15, 0.2) is 6.23 Å². The van der Waals surface area contributed by atoms with Gasteiger partial charge in [-0.1, -0.05) is 6.08 Å². The molecule has 2 heterocycles. The van der Waals surface area contributed by atoms with Gasteiger partial charge in [-0.15, -0.1) is 0 Å². The molecule has 0 aromatic carbocycles. The summed E-state index contributed by atoms with van der Waals surface area (Å²) in [4.78, 5) is 23.9. The van der Waals surface area contributed by atoms with E-state index in [4.69, 9.17) is 9.84 Å². The van der Waals surface area contributed by atoms with Crippen molar-refractivity contribution in [3.8, 4) is 0 Å². The maximum atomic E-state index is 13.0. The lowest BCUT2D eigenvalue weighted by Gasteiger charge is -2.14. The van der Waals surface area contributed by atoms with Crippen molar-refractivity contribution in [2.24, 2.45) is 0 Å². The molecular weight excluding hydrogens is 219 g/mol. The predicted octanol–water partition coefficient (Wildman–Crippen LogP) is -0.878. The summed E-state index contributed by atoms with van der Waals surface area (Å²) in [6, 6.07) is 0. The van der Waals surface area contributed by atoms with Gasteiger partial charge in [-0.25, -0.2) is 4.79 Å². The Morgan fingerprint density at radius 3 is 2.88 bits per heavy atom. The first-order valence-electron chi connectivity index (χ1n) is 4.57. The van der Waals surface area contributed by atoms with Crippen molar-refractivity contribution in [1.82, 2.24) is 9.55 Å². The molecule has 86 valence electrons. The zero-order valence-corrected chi connectivity index (χ0v) is 8.09. The van der Waals surface area contributed by atoms with Crippen LogP contribution in [-0.2, 0) is 4.74 Å². The zero-order valence-electron chi connectivity index (χ0n) is 8.09. The van der Waals surface area contributed by atoms with Gasteiger partial charge < -0.3 is 9.84 Å². The molecule has 16 heavy (non-hydrogen) atoms. The van der Waals surface area contributed by atoms with Gasteiger partial charge in [0.2, 0.25) is 5.82 Å². The van der Waals surface area contributed by atoms with E-state index < -0.39 is 29.4 Å². The molecule has 0 radical (unpaired) electrons. The lowest BCUT2D eigenvalue weighted by atomic mass is 10.4. The summed E-state index contributed by atoms with van der Waals surface area (Å²) in [6.07, 6.45) is 2.50. The van der Waals surface area contributed by atoms with Crippen LogP contribution in [0.25, 0.3) is 0 Å². The molecule has 0 bridgehead atoms. The van der Waals surface area contributed by atoms with E-state index in [1.807, 2.05) is 4.98 Å². The van der Waals surface area contributed by atoms with Gasteiger partial charge in [-0.2, -0.15) is 4.39 Å². The van der Waals surface area contributed by atoms with Crippen molar-refractivity contribution in [3.05, 3.63) is 45.0 Å². The number of rotatable bonds is 2. The van der Waals surface area contributed by atoms with Gasteiger partial charge in [-0.3, -0.25) is 14.3 Å². The average molecular weight is 228 g/mol. The molecule has 1 aromatic heterocycles. The van der Waals surface area contributed by atoms with Crippen LogP contribution in [0, 0.1) is 5.82 Å². The number of nitrogens with one attached hydrogen (secondary N) is 1. The van der Waals surface area contributed by atoms with E-state index in [0.717, 1.165) is 10.8 Å². The van der Waals surface area contributed by atoms with Crippen LogP contribution in [-0.4, -0.2) is 27.4 Å². The molecule has 0 saturated carbocycles. The molecule has 0 amide bonds. The van der Waals surface area contributed by atoms with Crippen LogP contribution in [0.1, 0.15) is 6.23 Å². The van der Waals surface area contributed by atoms with E-state index in [-0.39, 0.29) is 6.61 Å². The Kier molecular flexibility index (Phi) is 2.71. The fourth-order valence-electron chi connectivity index (χ4n) is 1.40. The summed E-state index contributed by atoms with van der Waals surface area (Å²) >= 11 is 0. The van der Waals surface area contributed by atoms with Gasteiger partial charge in [0.05, 0.1) is 12.8 Å². The minimum absolute atomic E-state index is 0.229. The van der Waals surface area contributed by atoms with E-state index in [9.17, 15) is 14.0 Å². The molecule has 2 atom stereocenters. The van der Waals surface area contributed by atoms with Gasteiger partial charge in [0, 0.05) is 0 Å². The normalized spacial score (nSPS) is 23.9. The molecule has 7 heteroatoms. The summed E-state index contributed by atoms with van der Waals surface area (Å²) < 4.78 is 19.1. The van der Waals surface area contributed by atoms with Crippen LogP contribution in [0.5, 0.6) is 0 Å². The third kappa shape index (κ3) is 1.82. The lowest BCUT2D eigenvalue weighted by Crippen LogP contribution is -2.34. The Bertz CT molecular complexity index is 533. The Morgan fingerprint density at radius 2 is 2.25 bits per heavy atom. The van der Waals surface area contributed by atoms with Gasteiger partial charge >= 0.3 is 5.69 Å². The van der Waals surface area contributed by atoms with E-state index in [0.29, 0.717) is 0 Å². The third-order valence-corrected chi connectivity index (χ3v) is 2.18. The topological polar surface area (TPSA) is 84.3 Å². The number of aliphatic hydroxyl groups is 1. The highest BCUT2D eigenvalue weighted by molar-refractivity contribution is 5.02. The fourth-order valence-corrected chi connectivity index (χ4v) is 1.40. The second-order valence-corrected chi connectivity index (χ2v) is 3.28. The van der Waals surface area contributed by atoms with E-state index in [2.05, 4.69) is 0 Å². The first-order valence-corrected chi connectivity index (χ1v) is 4.57. The fraction of sp³-hybridized carbons (Fsp3) is 0.333. The van der Waals surface area contributed by atoms with Crippen molar-refractivity contribution in [1.29, 1.82) is 0 Å². The summed E-state index contributed by atoms with van der Waals surface area (Å²) in [5.41, 5.74) is -1.83. The summed E-state index contributed by atoms with van der Waals surface area (Å²) in [7, 11) is 0. The highest BCUT2D eigenvalue weighted by Gasteiger charge is 2.21. The highest BCUT2D eigenvalue weighted by atomic mass is 19.1. The summed E-state index contributed by atoms with van der Waals surface area (Å²) in [5, 5.41) is 8.80. The number of aliphatic hydroxyl groups excluding tert-OH is 1. The summed E-state index contributed by atoms with van der Waals surface area (Å²) in [5.74, 6) is -1.07. The second kappa shape index (κ2) is 4.03. The number of hydrogen-bond donors (Lipinski definition) is 2. The predicted molar refractivity (Wildman–Crippen MR) is 51.4 cm³/mol. The van der Waals surface area contributed by atoms with E-state index in [1.165, 1.54) is 6.08 Å². The Balaban J connectivity index is 2.36. The van der Waals surface area contributed by atoms with Gasteiger partial charge in [0.1, 0.15) is 6.10 Å². The molecule has 0 fully saturated rings. The van der Waals surface area contributed by atoms with E-state index >= 15 is 0 Å². The smallest absolute Gasteiger partial charge is 0.330 e. The highest BCUT2D eigenvalue weighted by Crippen LogP contribution is 2.18. The molecule has 1 aromatic rings. The monoisotopic (exact) mass is 228 g/mol. The van der Waals surface area contributed by atoms with Crippen LogP contribution >= 0.6 is 0 Å². The SMILES string of the molecule is O=c1[nH]c(=O)n([C@@H]2C=C[C@H](CO)O2)cc1F.